The van der Waals surface area contributed by atoms with Gasteiger partial charge in [0.2, 0.25) is 0 Å². The van der Waals surface area contributed by atoms with Crippen LogP contribution in [0.4, 0.5) is 0 Å². The fourth-order valence-electron chi connectivity index (χ4n) is 1.79. The van der Waals surface area contributed by atoms with E-state index in [4.69, 9.17) is 4.74 Å². The highest BCUT2D eigenvalue weighted by Gasteiger charge is 2.19. The summed E-state index contributed by atoms with van der Waals surface area (Å²) in [6.45, 7) is 12.4. The second-order valence-electron chi connectivity index (χ2n) is 6.16. The summed E-state index contributed by atoms with van der Waals surface area (Å²) in [6, 6.07) is 0. The topological polar surface area (TPSA) is 26.3 Å². The summed E-state index contributed by atoms with van der Waals surface area (Å²) in [4.78, 5) is 11.7. The van der Waals surface area contributed by atoms with Gasteiger partial charge in [0.15, 0.2) is 0 Å². The van der Waals surface area contributed by atoms with Crippen molar-refractivity contribution < 1.29 is 9.53 Å². The van der Waals surface area contributed by atoms with Crippen molar-refractivity contribution in [2.45, 2.75) is 79.2 Å². The van der Waals surface area contributed by atoms with Gasteiger partial charge in [0.25, 0.3) is 0 Å². The Morgan fingerprint density at radius 1 is 1.12 bits per heavy atom. The zero-order chi connectivity index (χ0) is 13.5. The summed E-state index contributed by atoms with van der Waals surface area (Å²) >= 11 is 0. The summed E-state index contributed by atoms with van der Waals surface area (Å²) in [5.74, 6) is 1.20. The quantitative estimate of drug-likeness (QED) is 0.611. The number of esters is 1. The predicted octanol–water partition coefficient (Wildman–Crippen LogP) is 4.57. The standard InChI is InChI=1S/C15H30O2/c1-7-12(3)9-10-13(8-2)11-14(16)17-15(4,5)6/h12-13H,7-11H2,1-6H3. The van der Waals surface area contributed by atoms with Crippen molar-refractivity contribution in [2.75, 3.05) is 0 Å². The normalized spacial score (nSPS) is 15.4. The Morgan fingerprint density at radius 3 is 2.12 bits per heavy atom. The van der Waals surface area contributed by atoms with Crippen LogP contribution in [0.2, 0.25) is 0 Å². The smallest absolute Gasteiger partial charge is 0.306 e. The molecule has 0 aliphatic carbocycles. The molecule has 2 nitrogen and oxygen atoms in total. The van der Waals surface area contributed by atoms with Gasteiger partial charge >= 0.3 is 5.97 Å². The van der Waals surface area contributed by atoms with Gasteiger partial charge in [-0.15, -0.1) is 0 Å². The first-order valence-electron chi connectivity index (χ1n) is 7.00. The van der Waals surface area contributed by atoms with Crippen LogP contribution in [0.15, 0.2) is 0 Å². The molecule has 0 rings (SSSR count). The van der Waals surface area contributed by atoms with Crippen LogP contribution in [-0.4, -0.2) is 11.6 Å². The highest BCUT2D eigenvalue weighted by atomic mass is 16.6. The number of hydrogen-bond acceptors (Lipinski definition) is 2. The van der Waals surface area contributed by atoms with Crippen molar-refractivity contribution in [3.05, 3.63) is 0 Å². The van der Waals surface area contributed by atoms with Crippen LogP contribution in [0.3, 0.4) is 0 Å². The number of carbonyl (C=O) groups excluding carboxylic acids is 1. The molecule has 0 radical (unpaired) electrons. The molecule has 102 valence electrons. The van der Waals surface area contributed by atoms with Crippen molar-refractivity contribution in [2.24, 2.45) is 11.8 Å². The minimum Gasteiger partial charge on any atom is -0.460 e. The molecular weight excluding hydrogens is 212 g/mol. The molecule has 0 saturated carbocycles. The summed E-state index contributed by atoms with van der Waals surface area (Å²) < 4.78 is 5.36. The second-order valence-corrected chi connectivity index (χ2v) is 6.16. The fourth-order valence-corrected chi connectivity index (χ4v) is 1.79. The molecule has 0 aromatic carbocycles. The second kappa shape index (κ2) is 7.73. The van der Waals surface area contributed by atoms with Gasteiger partial charge in [0.1, 0.15) is 5.60 Å². The Labute approximate surface area is 107 Å². The van der Waals surface area contributed by atoms with Crippen LogP contribution in [0.5, 0.6) is 0 Å². The SMILES string of the molecule is CCC(C)CCC(CC)CC(=O)OC(C)(C)C. The average Bonchev–Trinajstić information content (AvgIpc) is 2.20. The Bertz CT molecular complexity index is 215. The number of carbonyl (C=O) groups is 1. The van der Waals surface area contributed by atoms with Gasteiger partial charge in [0.05, 0.1) is 0 Å². The van der Waals surface area contributed by atoms with Crippen molar-refractivity contribution in [1.82, 2.24) is 0 Å². The largest absolute Gasteiger partial charge is 0.460 e. The lowest BCUT2D eigenvalue weighted by atomic mass is 9.91. The van der Waals surface area contributed by atoms with Gasteiger partial charge in [-0.2, -0.15) is 0 Å². The van der Waals surface area contributed by atoms with E-state index in [2.05, 4.69) is 20.8 Å². The summed E-state index contributed by atoms with van der Waals surface area (Å²) in [7, 11) is 0. The summed E-state index contributed by atoms with van der Waals surface area (Å²) in [6.07, 6.45) is 5.23. The molecule has 2 heteroatoms. The van der Waals surface area contributed by atoms with Crippen molar-refractivity contribution >= 4 is 5.97 Å². The molecule has 0 amide bonds. The number of ether oxygens (including phenoxy) is 1. The Kier molecular flexibility index (Phi) is 7.49. The van der Waals surface area contributed by atoms with E-state index >= 15 is 0 Å². The number of rotatable bonds is 7. The third-order valence-electron chi connectivity index (χ3n) is 3.22. The zero-order valence-electron chi connectivity index (χ0n) is 12.5. The first-order chi connectivity index (χ1) is 7.78. The minimum absolute atomic E-state index is 0.0477. The lowest BCUT2D eigenvalue weighted by molar-refractivity contribution is -0.156. The van der Waals surface area contributed by atoms with Crippen LogP contribution in [0.1, 0.15) is 73.6 Å². The maximum atomic E-state index is 11.7. The molecule has 0 aromatic rings. The minimum atomic E-state index is -0.355. The summed E-state index contributed by atoms with van der Waals surface area (Å²) in [5.41, 5.74) is -0.355. The number of hydrogen-bond donors (Lipinski definition) is 0. The maximum Gasteiger partial charge on any atom is 0.306 e. The van der Waals surface area contributed by atoms with Gasteiger partial charge in [-0.05, 0) is 39.0 Å². The molecule has 0 spiro atoms. The van der Waals surface area contributed by atoms with Gasteiger partial charge in [-0.25, -0.2) is 0 Å². The Balaban J connectivity index is 4.00. The highest BCUT2D eigenvalue weighted by molar-refractivity contribution is 5.70. The van der Waals surface area contributed by atoms with E-state index in [0.29, 0.717) is 12.3 Å². The van der Waals surface area contributed by atoms with E-state index < -0.39 is 0 Å². The Hall–Kier alpha value is -0.530. The van der Waals surface area contributed by atoms with Crippen LogP contribution in [0, 0.1) is 11.8 Å². The van der Waals surface area contributed by atoms with Crippen molar-refractivity contribution in [3.8, 4) is 0 Å². The molecule has 0 fully saturated rings. The molecular formula is C15H30O2. The zero-order valence-corrected chi connectivity index (χ0v) is 12.5. The van der Waals surface area contributed by atoms with E-state index in [1.807, 2.05) is 20.8 Å². The van der Waals surface area contributed by atoms with E-state index in [-0.39, 0.29) is 11.6 Å². The molecule has 0 heterocycles. The molecule has 0 aliphatic rings. The summed E-state index contributed by atoms with van der Waals surface area (Å²) in [5, 5.41) is 0. The van der Waals surface area contributed by atoms with Crippen molar-refractivity contribution in [3.63, 3.8) is 0 Å². The molecule has 0 aromatic heterocycles. The van der Waals surface area contributed by atoms with Gasteiger partial charge in [-0.3, -0.25) is 4.79 Å². The molecule has 0 bridgehead atoms. The van der Waals surface area contributed by atoms with Crippen LogP contribution in [-0.2, 0) is 9.53 Å². The molecule has 2 unspecified atom stereocenters. The fraction of sp³-hybridized carbons (Fsp3) is 0.933. The monoisotopic (exact) mass is 242 g/mol. The predicted molar refractivity (Wildman–Crippen MR) is 72.9 cm³/mol. The molecule has 17 heavy (non-hydrogen) atoms. The first kappa shape index (κ1) is 16.5. The van der Waals surface area contributed by atoms with Gasteiger partial charge < -0.3 is 4.74 Å². The molecule has 0 N–H and O–H groups in total. The molecule has 2 atom stereocenters. The molecule has 0 aliphatic heterocycles. The third-order valence-corrected chi connectivity index (χ3v) is 3.22. The molecule has 0 saturated heterocycles. The van der Waals surface area contributed by atoms with Crippen molar-refractivity contribution in [1.29, 1.82) is 0 Å². The lowest BCUT2D eigenvalue weighted by Gasteiger charge is -2.22. The van der Waals surface area contributed by atoms with E-state index in [9.17, 15) is 4.79 Å². The van der Waals surface area contributed by atoms with Crippen LogP contribution >= 0.6 is 0 Å². The van der Waals surface area contributed by atoms with Crippen LogP contribution < -0.4 is 0 Å². The maximum absolute atomic E-state index is 11.7. The Morgan fingerprint density at radius 2 is 1.71 bits per heavy atom. The van der Waals surface area contributed by atoms with E-state index in [0.717, 1.165) is 18.8 Å². The van der Waals surface area contributed by atoms with Gasteiger partial charge in [-0.1, -0.05) is 40.0 Å². The average molecular weight is 242 g/mol. The first-order valence-corrected chi connectivity index (χ1v) is 7.00. The van der Waals surface area contributed by atoms with E-state index in [1.54, 1.807) is 0 Å². The third kappa shape index (κ3) is 9.20. The lowest BCUT2D eigenvalue weighted by Crippen LogP contribution is -2.25. The van der Waals surface area contributed by atoms with E-state index in [1.165, 1.54) is 12.8 Å². The van der Waals surface area contributed by atoms with Crippen LogP contribution in [0.25, 0.3) is 0 Å². The van der Waals surface area contributed by atoms with Gasteiger partial charge in [0, 0.05) is 6.42 Å². The highest BCUT2D eigenvalue weighted by Crippen LogP contribution is 2.22.